The number of nitrogens with zero attached hydrogens (tertiary/aromatic N) is 2. The van der Waals surface area contributed by atoms with Crippen LogP contribution in [-0.2, 0) is 16.7 Å². The molecule has 1 fully saturated rings. The molecule has 0 aliphatic carbocycles. The van der Waals surface area contributed by atoms with E-state index in [1.807, 2.05) is 0 Å². The molecule has 108 valence electrons. The fourth-order valence-corrected chi connectivity index (χ4v) is 3.55. The molecule has 0 aromatic carbocycles. The third-order valence-electron chi connectivity index (χ3n) is 3.30. The summed E-state index contributed by atoms with van der Waals surface area (Å²) < 4.78 is 5.70. The van der Waals surface area contributed by atoms with E-state index in [1.165, 1.54) is 4.88 Å². The number of nitrogens with two attached hydrogens (primary N) is 1. The average Bonchev–Trinajstić information content (AvgIpc) is 2.66. The van der Waals surface area contributed by atoms with Crippen LogP contribution < -0.4 is 10.6 Å². The molecule has 0 bridgehead atoms. The first kappa shape index (κ1) is 14.8. The van der Waals surface area contributed by atoms with Crippen molar-refractivity contribution < 1.29 is 4.74 Å². The predicted octanol–water partition coefficient (Wildman–Crippen LogP) is 2.51. The second-order valence-corrected chi connectivity index (χ2v) is 7.27. The molecule has 2 rings (SSSR count). The van der Waals surface area contributed by atoms with Gasteiger partial charge in [-0.25, -0.2) is 4.98 Å². The summed E-state index contributed by atoms with van der Waals surface area (Å²) in [5.74, 6) is 0. The van der Waals surface area contributed by atoms with Gasteiger partial charge in [-0.1, -0.05) is 20.8 Å². The highest BCUT2D eigenvalue weighted by Gasteiger charge is 2.25. The Morgan fingerprint density at radius 3 is 2.79 bits per heavy atom. The Bertz CT molecular complexity index is 425. The quantitative estimate of drug-likeness (QED) is 0.906. The summed E-state index contributed by atoms with van der Waals surface area (Å²) in [6, 6.07) is 0. The van der Waals surface area contributed by atoms with Gasteiger partial charge in [0.05, 0.1) is 11.8 Å². The number of aromatic nitrogens is 1. The van der Waals surface area contributed by atoms with Crippen molar-refractivity contribution in [3.05, 3.63) is 10.6 Å². The minimum Gasteiger partial charge on any atom is -0.377 e. The molecule has 1 aromatic rings. The lowest BCUT2D eigenvalue weighted by molar-refractivity contribution is 0.0821. The third kappa shape index (κ3) is 3.46. The largest absolute Gasteiger partial charge is 0.377 e. The van der Waals surface area contributed by atoms with Crippen molar-refractivity contribution in [3.63, 3.8) is 0 Å². The van der Waals surface area contributed by atoms with Crippen molar-refractivity contribution in [2.24, 2.45) is 5.73 Å². The van der Waals surface area contributed by atoms with Crippen LogP contribution in [-0.4, -0.2) is 30.8 Å². The molecule has 2 N–H and O–H groups in total. The Balaban J connectivity index is 2.27. The maximum atomic E-state index is 5.88. The molecule has 1 saturated heterocycles. The number of anilines is 1. The number of hydrogen-bond acceptors (Lipinski definition) is 5. The van der Waals surface area contributed by atoms with Crippen LogP contribution in [0.2, 0.25) is 0 Å². The number of ether oxygens (including phenoxy) is 1. The van der Waals surface area contributed by atoms with Crippen LogP contribution >= 0.6 is 11.3 Å². The van der Waals surface area contributed by atoms with Crippen LogP contribution in [0, 0.1) is 0 Å². The molecule has 2 heterocycles. The molecule has 4 nitrogen and oxygen atoms in total. The molecule has 0 radical (unpaired) electrons. The van der Waals surface area contributed by atoms with Gasteiger partial charge >= 0.3 is 0 Å². The molecule has 0 saturated carbocycles. The number of hydrogen-bond donors (Lipinski definition) is 1. The van der Waals surface area contributed by atoms with E-state index in [0.717, 1.165) is 36.9 Å². The van der Waals surface area contributed by atoms with Crippen molar-refractivity contribution in [2.75, 3.05) is 24.6 Å². The minimum atomic E-state index is 0.0530. The molecule has 0 spiro atoms. The van der Waals surface area contributed by atoms with Gasteiger partial charge < -0.3 is 15.4 Å². The maximum absolute atomic E-state index is 5.88. The van der Waals surface area contributed by atoms with Gasteiger partial charge in [0, 0.05) is 36.5 Å². The monoisotopic (exact) mass is 283 g/mol. The SMILES string of the molecule is CC1CN(c2nc(C(C)(C)C)c(CN)s2)CCCO1. The molecule has 1 unspecified atom stereocenters. The topological polar surface area (TPSA) is 51.4 Å². The highest BCUT2D eigenvalue weighted by atomic mass is 32.1. The molecule has 19 heavy (non-hydrogen) atoms. The van der Waals surface area contributed by atoms with Crippen molar-refractivity contribution in [2.45, 2.75) is 52.2 Å². The van der Waals surface area contributed by atoms with Crippen LogP contribution in [0.25, 0.3) is 0 Å². The minimum absolute atomic E-state index is 0.0530. The highest BCUT2D eigenvalue weighted by molar-refractivity contribution is 7.15. The average molecular weight is 283 g/mol. The second-order valence-electron chi connectivity index (χ2n) is 6.20. The van der Waals surface area contributed by atoms with Crippen molar-refractivity contribution in [1.82, 2.24) is 4.98 Å². The van der Waals surface area contributed by atoms with E-state index in [0.29, 0.717) is 6.54 Å². The molecular weight excluding hydrogens is 258 g/mol. The lowest BCUT2D eigenvalue weighted by atomic mass is 9.91. The Morgan fingerprint density at radius 2 is 2.21 bits per heavy atom. The third-order valence-corrected chi connectivity index (χ3v) is 4.44. The van der Waals surface area contributed by atoms with Gasteiger partial charge in [0.15, 0.2) is 5.13 Å². The van der Waals surface area contributed by atoms with Gasteiger partial charge in [-0.15, -0.1) is 11.3 Å². The van der Waals surface area contributed by atoms with Gasteiger partial charge in [0.25, 0.3) is 0 Å². The van der Waals surface area contributed by atoms with E-state index in [4.69, 9.17) is 15.5 Å². The highest BCUT2D eigenvalue weighted by Crippen LogP contribution is 2.34. The zero-order valence-corrected chi connectivity index (χ0v) is 13.2. The smallest absolute Gasteiger partial charge is 0.185 e. The van der Waals surface area contributed by atoms with Crippen LogP contribution in [0.1, 0.15) is 44.7 Å². The van der Waals surface area contributed by atoms with Crippen molar-refractivity contribution in [3.8, 4) is 0 Å². The zero-order valence-electron chi connectivity index (χ0n) is 12.4. The summed E-state index contributed by atoms with van der Waals surface area (Å²) in [5.41, 5.74) is 7.07. The van der Waals surface area contributed by atoms with Gasteiger partial charge in [-0.05, 0) is 13.3 Å². The maximum Gasteiger partial charge on any atom is 0.185 e. The molecule has 1 aromatic heterocycles. The fourth-order valence-electron chi connectivity index (χ4n) is 2.37. The van der Waals surface area contributed by atoms with E-state index in [9.17, 15) is 0 Å². The van der Waals surface area contributed by atoms with E-state index >= 15 is 0 Å². The summed E-state index contributed by atoms with van der Waals surface area (Å²) in [6.45, 7) is 12.1. The predicted molar refractivity (Wildman–Crippen MR) is 80.9 cm³/mol. The standard InChI is InChI=1S/C14H25N3OS/c1-10-9-17(6-5-7-18-10)13-16-12(14(2,3)4)11(8-15)19-13/h10H,5-9,15H2,1-4H3. The van der Waals surface area contributed by atoms with E-state index < -0.39 is 0 Å². The first-order valence-corrected chi connectivity index (χ1v) is 7.80. The lowest BCUT2D eigenvalue weighted by Crippen LogP contribution is -2.30. The van der Waals surface area contributed by atoms with E-state index in [-0.39, 0.29) is 11.5 Å². The Kier molecular flexibility index (Phi) is 4.48. The number of thiazole rings is 1. The van der Waals surface area contributed by atoms with Crippen LogP contribution in [0.15, 0.2) is 0 Å². The summed E-state index contributed by atoms with van der Waals surface area (Å²) in [6.07, 6.45) is 1.33. The molecule has 1 atom stereocenters. The normalized spacial score (nSPS) is 21.5. The van der Waals surface area contributed by atoms with Gasteiger partial charge in [0.2, 0.25) is 0 Å². The first-order valence-electron chi connectivity index (χ1n) is 6.98. The van der Waals surface area contributed by atoms with Crippen LogP contribution in [0.3, 0.4) is 0 Å². The Hall–Kier alpha value is -0.650. The summed E-state index contributed by atoms with van der Waals surface area (Å²) in [5, 5.41) is 1.10. The van der Waals surface area contributed by atoms with Crippen molar-refractivity contribution in [1.29, 1.82) is 0 Å². The van der Waals surface area contributed by atoms with E-state index in [1.54, 1.807) is 11.3 Å². The first-order chi connectivity index (χ1) is 8.91. The molecule has 1 aliphatic heterocycles. The van der Waals surface area contributed by atoms with Gasteiger partial charge in [-0.3, -0.25) is 0 Å². The van der Waals surface area contributed by atoms with Crippen LogP contribution in [0.4, 0.5) is 5.13 Å². The molecule has 0 amide bonds. The Morgan fingerprint density at radius 1 is 1.47 bits per heavy atom. The summed E-state index contributed by atoms with van der Waals surface area (Å²) >= 11 is 1.74. The zero-order chi connectivity index (χ0) is 14.0. The Labute approximate surface area is 120 Å². The lowest BCUT2D eigenvalue weighted by Gasteiger charge is -2.21. The molecular formula is C14H25N3OS. The van der Waals surface area contributed by atoms with Crippen molar-refractivity contribution >= 4 is 16.5 Å². The van der Waals surface area contributed by atoms with Crippen LogP contribution in [0.5, 0.6) is 0 Å². The van der Waals surface area contributed by atoms with Gasteiger partial charge in [0.1, 0.15) is 0 Å². The summed E-state index contributed by atoms with van der Waals surface area (Å²) in [7, 11) is 0. The summed E-state index contributed by atoms with van der Waals surface area (Å²) in [4.78, 5) is 8.41. The fraction of sp³-hybridized carbons (Fsp3) is 0.786. The molecule has 1 aliphatic rings. The van der Waals surface area contributed by atoms with E-state index in [2.05, 4.69) is 32.6 Å². The number of rotatable bonds is 2. The molecule has 5 heteroatoms. The second kappa shape index (κ2) is 5.77. The van der Waals surface area contributed by atoms with Gasteiger partial charge in [-0.2, -0.15) is 0 Å².